The van der Waals surface area contributed by atoms with E-state index in [2.05, 4.69) is 20.9 Å². The molecule has 0 radical (unpaired) electrons. The van der Waals surface area contributed by atoms with Crippen molar-refractivity contribution in [3.05, 3.63) is 24.3 Å². The molecule has 1 aliphatic rings. The maximum atomic E-state index is 5.76. The first kappa shape index (κ1) is 17.4. The Labute approximate surface area is 138 Å². The molecule has 0 saturated carbocycles. The number of guanidine groups is 1. The zero-order valence-corrected chi connectivity index (χ0v) is 13.9. The van der Waals surface area contributed by atoms with Crippen LogP contribution in [0.25, 0.3) is 0 Å². The SMILES string of the molecule is CCOc1ccccc1OCCNCCCNC1=NCCCN1. The predicted molar refractivity (Wildman–Crippen MR) is 93.5 cm³/mol. The van der Waals surface area contributed by atoms with Gasteiger partial charge in [0.25, 0.3) is 0 Å². The fourth-order valence-corrected chi connectivity index (χ4v) is 2.27. The molecule has 0 saturated heterocycles. The lowest BCUT2D eigenvalue weighted by Gasteiger charge is -2.16. The molecule has 6 nitrogen and oxygen atoms in total. The molecule has 0 unspecified atom stereocenters. The van der Waals surface area contributed by atoms with Gasteiger partial charge >= 0.3 is 0 Å². The number of ether oxygens (including phenoxy) is 2. The van der Waals surface area contributed by atoms with E-state index in [-0.39, 0.29) is 0 Å². The minimum atomic E-state index is 0.631. The standard InChI is InChI=1S/C17H28N4O2/c1-2-22-15-7-3-4-8-16(15)23-14-13-18-9-5-10-19-17-20-11-6-12-21-17/h3-4,7-8,18H,2,5-6,9-14H2,1H3,(H2,19,20,21). The van der Waals surface area contributed by atoms with E-state index in [1.54, 1.807) is 0 Å². The quantitative estimate of drug-likeness (QED) is 0.569. The number of nitrogens with zero attached hydrogens (tertiary/aromatic N) is 1. The van der Waals surface area contributed by atoms with Crippen molar-refractivity contribution in [3.63, 3.8) is 0 Å². The van der Waals surface area contributed by atoms with E-state index < -0.39 is 0 Å². The van der Waals surface area contributed by atoms with Crippen molar-refractivity contribution in [2.24, 2.45) is 4.99 Å². The minimum absolute atomic E-state index is 0.631. The molecule has 0 atom stereocenters. The van der Waals surface area contributed by atoms with Crippen LogP contribution in [0.15, 0.2) is 29.3 Å². The van der Waals surface area contributed by atoms with Gasteiger partial charge in [-0.3, -0.25) is 4.99 Å². The van der Waals surface area contributed by atoms with E-state index in [1.807, 2.05) is 31.2 Å². The van der Waals surface area contributed by atoms with Gasteiger partial charge in [0, 0.05) is 26.2 Å². The van der Waals surface area contributed by atoms with Gasteiger partial charge in [0.05, 0.1) is 6.61 Å². The van der Waals surface area contributed by atoms with Crippen molar-refractivity contribution in [2.75, 3.05) is 45.9 Å². The molecule has 1 heterocycles. The Morgan fingerprint density at radius 1 is 1.13 bits per heavy atom. The lowest BCUT2D eigenvalue weighted by Crippen LogP contribution is -2.41. The lowest BCUT2D eigenvalue weighted by molar-refractivity contribution is 0.276. The number of rotatable bonds is 10. The van der Waals surface area contributed by atoms with E-state index >= 15 is 0 Å². The van der Waals surface area contributed by atoms with Crippen LogP contribution >= 0.6 is 0 Å². The molecule has 128 valence electrons. The first-order chi connectivity index (χ1) is 11.4. The van der Waals surface area contributed by atoms with E-state index in [9.17, 15) is 0 Å². The predicted octanol–water partition coefficient (Wildman–Crippen LogP) is 1.38. The number of nitrogens with one attached hydrogen (secondary N) is 3. The molecule has 1 aromatic rings. The molecule has 0 aromatic heterocycles. The van der Waals surface area contributed by atoms with Gasteiger partial charge in [0.2, 0.25) is 0 Å². The summed E-state index contributed by atoms with van der Waals surface area (Å²) in [5.41, 5.74) is 0. The van der Waals surface area contributed by atoms with Gasteiger partial charge in [-0.05, 0) is 38.4 Å². The number of para-hydroxylation sites is 2. The van der Waals surface area contributed by atoms with Crippen molar-refractivity contribution in [1.29, 1.82) is 0 Å². The zero-order valence-electron chi connectivity index (χ0n) is 13.9. The number of aliphatic imine (C=N–C) groups is 1. The van der Waals surface area contributed by atoms with Crippen LogP contribution in [-0.4, -0.2) is 51.9 Å². The summed E-state index contributed by atoms with van der Waals surface area (Å²) in [5, 5.41) is 9.94. The Bertz CT molecular complexity index is 479. The summed E-state index contributed by atoms with van der Waals surface area (Å²) in [4.78, 5) is 4.38. The van der Waals surface area contributed by atoms with Gasteiger partial charge < -0.3 is 25.4 Å². The summed E-state index contributed by atoms with van der Waals surface area (Å²) in [5.74, 6) is 2.55. The average molecular weight is 320 g/mol. The fourth-order valence-electron chi connectivity index (χ4n) is 2.27. The zero-order chi connectivity index (χ0) is 16.2. The molecule has 0 spiro atoms. The smallest absolute Gasteiger partial charge is 0.191 e. The van der Waals surface area contributed by atoms with Crippen LogP contribution in [0.1, 0.15) is 19.8 Å². The minimum Gasteiger partial charge on any atom is -0.490 e. The van der Waals surface area contributed by atoms with Crippen LogP contribution in [0.2, 0.25) is 0 Å². The second kappa shape index (κ2) is 10.7. The molecule has 0 aliphatic carbocycles. The first-order valence-corrected chi connectivity index (χ1v) is 8.47. The maximum Gasteiger partial charge on any atom is 0.191 e. The summed E-state index contributed by atoms with van der Waals surface area (Å²) < 4.78 is 11.3. The van der Waals surface area contributed by atoms with Crippen molar-refractivity contribution >= 4 is 5.96 Å². The topological polar surface area (TPSA) is 66.9 Å². The van der Waals surface area contributed by atoms with E-state index in [4.69, 9.17) is 9.47 Å². The molecule has 23 heavy (non-hydrogen) atoms. The third-order valence-electron chi connectivity index (χ3n) is 3.41. The van der Waals surface area contributed by atoms with E-state index in [0.717, 1.165) is 63.0 Å². The van der Waals surface area contributed by atoms with Gasteiger partial charge in [0.1, 0.15) is 6.61 Å². The Morgan fingerprint density at radius 3 is 2.70 bits per heavy atom. The average Bonchev–Trinajstić information content (AvgIpc) is 2.60. The molecule has 0 fully saturated rings. The molecule has 2 rings (SSSR count). The lowest BCUT2D eigenvalue weighted by atomic mass is 10.3. The third-order valence-corrected chi connectivity index (χ3v) is 3.41. The van der Waals surface area contributed by atoms with Crippen molar-refractivity contribution < 1.29 is 9.47 Å². The van der Waals surface area contributed by atoms with Crippen LogP contribution < -0.4 is 25.4 Å². The van der Waals surface area contributed by atoms with Crippen LogP contribution in [-0.2, 0) is 0 Å². The van der Waals surface area contributed by atoms with E-state index in [0.29, 0.717) is 13.2 Å². The van der Waals surface area contributed by atoms with Crippen LogP contribution in [0.4, 0.5) is 0 Å². The summed E-state index contributed by atoms with van der Waals surface area (Å²) in [6.07, 6.45) is 2.18. The summed E-state index contributed by atoms with van der Waals surface area (Å²) in [6.45, 7) is 7.89. The Hall–Kier alpha value is -1.95. The van der Waals surface area contributed by atoms with Crippen molar-refractivity contribution in [1.82, 2.24) is 16.0 Å². The fraction of sp³-hybridized carbons (Fsp3) is 0.588. The number of hydrogen-bond donors (Lipinski definition) is 3. The van der Waals surface area contributed by atoms with Gasteiger partial charge in [-0.25, -0.2) is 0 Å². The second-order valence-corrected chi connectivity index (χ2v) is 5.27. The summed E-state index contributed by atoms with van der Waals surface area (Å²) in [7, 11) is 0. The number of hydrogen-bond acceptors (Lipinski definition) is 6. The third kappa shape index (κ3) is 6.78. The van der Waals surface area contributed by atoms with Gasteiger partial charge in [-0.15, -0.1) is 0 Å². The molecule has 1 aromatic carbocycles. The second-order valence-electron chi connectivity index (χ2n) is 5.27. The highest BCUT2D eigenvalue weighted by atomic mass is 16.5. The van der Waals surface area contributed by atoms with Crippen LogP contribution in [0, 0.1) is 0 Å². The van der Waals surface area contributed by atoms with Crippen molar-refractivity contribution in [2.45, 2.75) is 19.8 Å². The molecule has 6 heteroatoms. The molecule has 0 amide bonds. The first-order valence-electron chi connectivity index (χ1n) is 8.47. The van der Waals surface area contributed by atoms with Gasteiger partial charge in [-0.2, -0.15) is 0 Å². The molecular formula is C17H28N4O2. The highest BCUT2D eigenvalue weighted by molar-refractivity contribution is 5.80. The van der Waals surface area contributed by atoms with E-state index in [1.165, 1.54) is 0 Å². The van der Waals surface area contributed by atoms with Gasteiger partial charge in [0.15, 0.2) is 17.5 Å². The molecular weight excluding hydrogens is 292 g/mol. The van der Waals surface area contributed by atoms with Crippen LogP contribution in [0.5, 0.6) is 11.5 Å². The highest BCUT2D eigenvalue weighted by Gasteiger charge is 2.03. The molecule has 1 aliphatic heterocycles. The monoisotopic (exact) mass is 320 g/mol. The summed E-state index contributed by atoms with van der Waals surface area (Å²) >= 11 is 0. The number of benzene rings is 1. The largest absolute Gasteiger partial charge is 0.490 e. The highest BCUT2D eigenvalue weighted by Crippen LogP contribution is 2.25. The maximum absolute atomic E-state index is 5.76. The normalized spacial score (nSPS) is 13.9. The van der Waals surface area contributed by atoms with Crippen LogP contribution in [0.3, 0.4) is 0 Å². The molecule has 3 N–H and O–H groups in total. The van der Waals surface area contributed by atoms with Crippen molar-refractivity contribution in [3.8, 4) is 11.5 Å². The molecule has 0 bridgehead atoms. The Balaban J connectivity index is 1.50. The summed E-state index contributed by atoms with van der Waals surface area (Å²) in [6, 6.07) is 7.78. The Morgan fingerprint density at radius 2 is 1.96 bits per heavy atom. The Kier molecular flexibility index (Phi) is 8.11. The van der Waals surface area contributed by atoms with Gasteiger partial charge in [-0.1, -0.05) is 12.1 Å².